The van der Waals surface area contributed by atoms with E-state index in [1.807, 2.05) is 0 Å². The number of aryl methyl sites for hydroxylation is 1. The van der Waals surface area contributed by atoms with Gasteiger partial charge in [-0.15, -0.1) is 0 Å². The van der Waals surface area contributed by atoms with Crippen molar-refractivity contribution in [1.82, 2.24) is 4.90 Å². The maximum atomic E-state index is 6.15. The quantitative estimate of drug-likeness (QED) is 0.302. The van der Waals surface area contributed by atoms with Crippen LogP contribution in [-0.4, -0.2) is 31.1 Å². The molecule has 0 radical (unpaired) electrons. The van der Waals surface area contributed by atoms with Crippen LogP contribution in [0, 0.1) is 0 Å². The van der Waals surface area contributed by atoms with Crippen LogP contribution >= 0.6 is 0 Å². The van der Waals surface area contributed by atoms with Crippen LogP contribution in [0.15, 0.2) is 72.8 Å². The average molecular weight is 400 g/mol. The first kappa shape index (κ1) is 20.4. The number of aromatic nitrogens is 1. The zero-order valence-electron chi connectivity index (χ0n) is 18.3. The summed E-state index contributed by atoms with van der Waals surface area (Å²) >= 11 is 0. The van der Waals surface area contributed by atoms with Gasteiger partial charge in [0.2, 0.25) is 11.0 Å². The van der Waals surface area contributed by atoms with Gasteiger partial charge in [-0.3, -0.25) is 0 Å². The van der Waals surface area contributed by atoms with E-state index in [4.69, 9.17) is 4.74 Å². The molecule has 1 heterocycles. The molecule has 4 aromatic rings. The molecule has 0 atom stereocenters. The largest absolute Gasteiger partial charge is 0.492 e. The van der Waals surface area contributed by atoms with Gasteiger partial charge in [-0.1, -0.05) is 56.3 Å². The van der Waals surface area contributed by atoms with Gasteiger partial charge in [0.15, 0.2) is 0 Å². The van der Waals surface area contributed by atoms with Gasteiger partial charge in [-0.05, 0) is 48.8 Å². The van der Waals surface area contributed by atoms with Crippen LogP contribution in [0.3, 0.4) is 0 Å². The topological polar surface area (TPSA) is 16.4 Å². The molecule has 0 N–H and O–H groups in total. The molecule has 30 heavy (non-hydrogen) atoms. The Morgan fingerprint density at radius 3 is 2.27 bits per heavy atom. The van der Waals surface area contributed by atoms with Gasteiger partial charge in [-0.2, -0.15) is 4.57 Å². The number of hydrogen-bond donors (Lipinski definition) is 0. The second-order valence-corrected chi connectivity index (χ2v) is 7.77. The van der Waals surface area contributed by atoms with E-state index in [2.05, 4.69) is 103 Å². The number of ether oxygens (including phenoxy) is 1. The number of likely N-dealkylation sites (N-methyl/N-ethyl adjacent to an activating group) is 1. The Morgan fingerprint density at radius 2 is 1.50 bits per heavy atom. The third-order valence-corrected chi connectivity index (χ3v) is 6.04. The lowest BCUT2D eigenvalue weighted by atomic mass is 9.96. The molecule has 0 saturated carbocycles. The Labute approximate surface area is 179 Å². The first-order valence-corrected chi connectivity index (χ1v) is 10.9. The normalized spacial score (nSPS) is 11.5. The summed E-state index contributed by atoms with van der Waals surface area (Å²) in [5, 5.41) is 2.57. The molecule has 0 aliphatic rings. The van der Waals surface area contributed by atoms with Crippen molar-refractivity contribution in [3.8, 4) is 5.75 Å². The summed E-state index contributed by atoms with van der Waals surface area (Å²) in [7, 11) is 2.15. The van der Waals surface area contributed by atoms with Crippen LogP contribution in [0.5, 0.6) is 5.75 Å². The monoisotopic (exact) mass is 399 g/mol. The lowest BCUT2D eigenvalue weighted by molar-refractivity contribution is -0.617. The van der Waals surface area contributed by atoms with E-state index in [0.29, 0.717) is 6.61 Å². The van der Waals surface area contributed by atoms with Crippen molar-refractivity contribution in [2.75, 3.05) is 26.2 Å². The third-order valence-electron chi connectivity index (χ3n) is 6.04. The van der Waals surface area contributed by atoms with Crippen LogP contribution in [-0.2, 0) is 13.5 Å². The molecule has 3 nitrogen and oxygen atoms in total. The second-order valence-electron chi connectivity index (χ2n) is 7.77. The molecule has 0 saturated heterocycles. The minimum absolute atomic E-state index is 0.709. The Balaban J connectivity index is 1.77. The molecule has 0 fully saturated rings. The highest BCUT2D eigenvalue weighted by atomic mass is 16.5. The van der Waals surface area contributed by atoms with Crippen molar-refractivity contribution in [2.45, 2.75) is 20.3 Å². The number of rotatable bonds is 8. The fraction of sp³-hybridized carbons (Fsp3) is 0.296. The van der Waals surface area contributed by atoms with Crippen LogP contribution in [0.4, 0.5) is 0 Å². The molecule has 0 aliphatic carbocycles. The maximum Gasteiger partial charge on any atom is 0.213 e. The summed E-state index contributed by atoms with van der Waals surface area (Å²) in [6, 6.07) is 25.9. The summed E-state index contributed by atoms with van der Waals surface area (Å²) in [6.45, 7) is 8.16. The van der Waals surface area contributed by atoms with Crippen molar-refractivity contribution >= 4 is 21.8 Å². The van der Waals surface area contributed by atoms with E-state index in [9.17, 15) is 0 Å². The standard InChI is InChI=1S/C27H31N2O/c1-4-29(5-2)17-18-30-22-15-16-27-25(20-22)24(19-21-11-7-6-8-12-21)23-13-9-10-14-26(23)28(27)3/h6-16,20H,4-5,17-19H2,1-3H3/q+1. The lowest BCUT2D eigenvalue weighted by Crippen LogP contribution is -2.30. The molecule has 3 heteroatoms. The van der Waals surface area contributed by atoms with Gasteiger partial charge in [0, 0.05) is 18.7 Å². The predicted octanol–water partition coefficient (Wildman–Crippen LogP) is 5.13. The molecule has 0 unspecified atom stereocenters. The van der Waals surface area contributed by atoms with Crippen LogP contribution in [0.25, 0.3) is 21.8 Å². The fourth-order valence-corrected chi connectivity index (χ4v) is 4.26. The molecule has 154 valence electrons. The van der Waals surface area contributed by atoms with Crippen molar-refractivity contribution in [3.63, 3.8) is 0 Å². The van der Waals surface area contributed by atoms with E-state index in [1.54, 1.807) is 0 Å². The summed E-state index contributed by atoms with van der Waals surface area (Å²) in [5.41, 5.74) is 5.17. The zero-order chi connectivity index (χ0) is 20.9. The van der Waals surface area contributed by atoms with E-state index in [1.165, 1.54) is 32.9 Å². The number of fused-ring (bicyclic) bond motifs is 2. The van der Waals surface area contributed by atoms with Crippen LogP contribution < -0.4 is 9.30 Å². The molecule has 3 aromatic carbocycles. The van der Waals surface area contributed by atoms with Crippen molar-refractivity contribution in [2.24, 2.45) is 7.05 Å². The van der Waals surface area contributed by atoms with E-state index >= 15 is 0 Å². The molecule has 4 rings (SSSR count). The Bertz CT molecular complexity index is 1130. The van der Waals surface area contributed by atoms with Gasteiger partial charge < -0.3 is 9.64 Å². The number of nitrogens with zero attached hydrogens (tertiary/aromatic N) is 2. The molecule has 0 aliphatic heterocycles. The van der Waals surface area contributed by atoms with Gasteiger partial charge in [0.05, 0.1) is 10.8 Å². The van der Waals surface area contributed by atoms with Crippen LogP contribution in [0.1, 0.15) is 25.0 Å². The maximum absolute atomic E-state index is 6.15. The zero-order valence-corrected chi connectivity index (χ0v) is 18.3. The number of pyridine rings is 1. The van der Waals surface area contributed by atoms with Gasteiger partial charge >= 0.3 is 0 Å². The van der Waals surface area contributed by atoms with E-state index < -0.39 is 0 Å². The van der Waals surface area contributed by atoms with Gasteiger partial charge in [-0.25, -0.2) is 0 Å². The van der Waals surface area contributed by atoms with Crippen LogP contribution in [0.2, 0.25) is 0 Å². The highest BCUT2D eigenvalue weighted by molar-refractivity contribution is 5.94. The van der Waals surface area contributed by atoms with E-state index in [-0.39, 0.29) is 0 Å². The summed E-state index contributed by atoms with van der Waals surface area (Å²) in [4.78, 5) is 2.38. The molecule has 0 bridgehead atoms. The Kier molecular flexibility index (Phi) is 6.29. The molecular formula is C27H31N2O+. The van der Waals surface area contributed by atoms with Crippen molar-refractivity contribution < 1.29 is 9.30 Å². The minimum Gasteiger partial charge on any atom is -0.492 e. The third kappa shape index (κ3) is 4.17. The SMILES string of the molecule is CCN(CC)CCOc1ccc2c(c1)c(Cc1ccccc1)c1ccccc1[n+]2C. The van der Waals surface area contributed by atoms with E-state index in [0.717, 1.165) is 31.8 Å². The summed E-state index contributed by atoms with van der Waals surface area (Å²) in [5.74, 6) is 0.944. The predicted molar refractivity (Wildman–Crippen MR) is 125 cm³/mol. The average Bonchev–Trinajstić information content (AvgIpc) is 2.80. The number of benzene rings is 3. The first-order valence-electron chi connectivity index (χ1n) is 10.9. The molecule has 0 spiro atoms. The molecule has 1 aromatic heterocycles. The summed E-state index contributed by atoms with van der Waals surface area (Å²) < 4.78 is 8.44. The van der Waals surface area contributed by atoms with Crippen molar-refractivity contribution in [1.29, 1.82) is 0 Å². The minimum atomic E-state index is 0.709. The number of para-hydroxylation sites is 1. The van der Waals surface area contributed by atoms with Crippen molar-refractivity contribution in [3.05, 3.63) is 83.9 Å². The van der Waals surface area contributed by atoms with Gasteiger partial charge in [0.25, 0.3) is 0 Å². The highest BCUT2D eigenvalue weighted by Crippen LogP contribution is 2.29. The van der Waals surface area contributed by atoms with Gasteiger partial charge in [0.1, 0.15) is 19.4 Å². The summed E-state index contributed by atoms with van der Waals surface area (Å²) in [6.07, 6.45) is 0.904. The highest BCUT2D eigenvalue weighted by Gasteiger charge is 2.18. The second kappa shape index (κ2) is 9.27. The lowest BCUT2D eigenvalue weighted by Gasteiger charge is -2.18. The fourth-order valence-electron chi connectivity index (χ4n) is 4.26. The number of hydrogen-bond acceptors (Lipinski definition) is 2. The Morgan fingerprint density at radius 1 is 0.800 bits per heavy atom. The molecule has 0 amide bonds. The Hall–Kier alpha value is -2.91. The smallest absolute Gasteiger partial charge is 0.213 e. The first-order chi connectivity index (χ1) is 14.7. The molecular weight excluding hydrogens is 368 g/mol.